The number of nitrogens with one attached hydrogen (secondary N) is 1. The largest absolute Gasteiger partial charge is 0.497 e. The van der Waals surface area contributed by atoms with Gasteiger partial charge in [-0.2, -0.15) is 0 Å². The molecule has 1 fully saturated rings. The Bertz CT molecular complexity index is 295. The number of hydrogen-bond acceptors (Lipinski definition) is 3. The van der Waals surface area contributed by atoms with E-state index in [4.69, 9.17) is 4.74 Å². The molecule has 15 heavy (non-hydrogen) atoms. The predicted molar refractivity (Wildman–Crippen MR) is 64.7 cm³/mol. The second kappa shape index (κ2) is 5.42. The summed E-state index contributed by atoms with van der Waals surface area (Å²) in [5.74, 6) is 2.07. The van der Waals surface area contributed by atoms with E-state index < -0.39 is 0 Å². The Morgan fingerprint density at radius 2 is 2.07 bits per heavy atom. The van der Waals surface area contributed by atoms with E-state index in [9.17, 15) is 0 Å². The summed E-state index contributed by atoms with van der Waals surface area (Å²) >= 11 is 1.89. The third kappa shape index (κ3) is 3.76. The van der Waals surface area contributed by atoms with Crippen LogP contribution in [0.15, 0.2) is 29.2 Å². The Hall–Kier alpha value is -0.670. The van der Waals surface area contributed by atoms with Crippen molar-refractivity contribution in [2.45, 2.75) is 23.8 Å². The van der Waals surface area contributed by atoms with E-state index in [1.54, 1.807) is 7.11 Å². The first-order valence-electron chi connectivity index (χ1n) is 5.39. The van der Waals surface area contributed by atoms with Gasteiger partial charge in [0, 0.05) is 23.2 Å². The SMILES string of the molecule is COc1ccc(SCCNC2CC2)cc1. The number of rotatable bonds is 6. The van der Waals surface area contributed by atoms with E-state index in [2.05, 4.69) is 17.4 Å². The third-order valence-electron chi connectivity index (χ3n) is 2.44. The van der Waals surface area contributed by atoms with Crippen LogP contribution in [0.2, 0.25) is 0 Å². The fourth-order valence-corrected chi connectivity index (χ4v) is 2.18. The molecular formula is C12H17NOS. The van der Waals surface area contributed by atoms with E-state index >= 15 is 0 Å². The topological polar surface area (TPSA) is 21.3 Å². The van der Waals surface area contributed by atoms with Crippen LogP contribution in [0.4, 0.5) is 0 Å². The monoisotopic (exact) mass is 223 g/mol. The zero-order valence-corrected chi connectivity index (χ0v) is 9.85. The van der Waals surface area contributed by atoms with Crippen molar-refractivity contribution in [3.05, 3.63) is 24.3 Å². The molecule has 3 heteroatoms. The van der Waals surface area contributed by atoms with Crippen molar-refractivity contribution in [2.75, 3.05) is 19.4 Å². The maximum absolute atomic E-state index is 5.11. The summed E-state index contributed by atoms with van der Waals surface area (Å²) in [7, 11) is 1.70. The molecule has 82 valence electrons. The Morgan fingerprint density at radius 1 is 1.33 bits per heavy atom. The molecule has 0 bridgehead atoms. The van der Waals surface area contributed by atoms with Crippen molar-refractivity contribution in [2.24, 2.45) is 0 Å². The number of benzene rings is 1. The van der Waals surface area contributed by atoms with Gasteiger partial charge >= 0.3 is 0 Å². The number of thioether (sulfide) groups is 1. The zero-order chi connectivity index (χ0) is 10.5. The van der Waals surface area contributed by atoms with Crippen LogP contribution in [-0.2, 0) is 0 Å². The molecule has 1 aliphatic rings. The van der Waals surface area contributed by atoms with E-state index in [1.165, 1.54) is 17.7 Å². The smallest absolute Gasteiger partial charge is 0.118 e. The molecule has 0 saturated heterocycles. The summed E-state index contributed by atoms with van der Waals surface area (Å²) < 4.78 is 5.11. The highest BCUT2D eigenvalue weighted by Gasteiger charge is 2.19. The molecule has 1 N–H and O–H groups in total. The molecule has 0 atom stereocenters. The van der Waals surface area contributed by atoms with Gasteiger partial charge in [0.15, 0.2) is 0 Å². The van der Waals surface area contributed by atoms with E-state index in [0.717, 1.165) is 24.1 Å². The summed E-state index contributed by atoms with van der Waals surface area (Å²) in [6.07, 6.45) is 2.74. The summed E-state index contributed by atoms with van der Waals surface area (Å²) in [6, 6.07) is 9.07. The highest BCUT2D eigenvalue weighted by Crippen LogP contribution is 2.22. The average Bonchev–Trinajstić information content (AvgIpc) is 3.09. The summed E-state index contributed by atoms with van der Waals surface area (Å²) in [5, 5.41) is 3.50. The lowest BCUT2D eigenvalue weighted by atomic mass is 10.3. The fourth-order valence-electron chi connectivity index (χ4n) is 1.39. The molecule has 0 unspecified atom stereocenters. The Kier molecular flexibility index (Phi) is 3.92. The van der Waals surface area contributed by atoms with Gasteiger partial charge < -0.3 is 10.1 Å². The van der Waals surface area contributed by atoms with Gasteiger partial charge in [-0.3, -0.25) is 0 Å². The fraction of sp³-hybridized carbons (Fsp3) is 0.500. The minimum Gasteiger partial charge on any atom is -0.497 e. The minimum absolute atomic E-state index is 0.821. The second-order valence-corrected chi connectivity index (χ2v) is 4.92. The molecular weight excluding hydrogens is 206 g/mol. The lowest BCUT2D eigenvalue weighted by Gasteiger charge is -2.04. The maximum atomic E-state index is 5.11. The van der Waals surface area contributed by atoms with Gasteiger partial charge in [0.25, 0.3) is 0 Å². The van der Waals surface area contributed by atoms with E-state index in [1.807, 2.05) is 23.9 Å². The number of methoxy groups -OCH3 is 1. The van der Waals surface area contributed by atoms with Gasteiger partial charge in [-0.25, -0.2) is 0 Å². The highest BCUT2D eigenvalue weighted by atomic mass is 32.2. The van der Waals surface area contributed by atoms with E-state index in [0.29, 0.717) is 0 Å². The summed E-state index contributed by atoms with van der Waals surface area (Å²) in [4.78, 5) is 1.31. The van der Waals surface area contributed by atoms with Crippen molar-refractivity contribution in [1.82, 2.24) is 5.32 Å². The summed E-state index contributed by atoms with van der Waals surface area (Å²) in [5.41, 5.74) is 0. The second-order valence-electron chi connectivity index (χ2n) is 3.75. The molecule has 0 radical (unpaired) electrons. The molecule has 0 heterocycles. The molecule has 1 aromatic rings. The van der Waals surface area contributed by atoms with Crippen molar-refractivity contribution in [3.8, 4) is 5.75 Å². The Morgan fingerprint density at radius 3 is 2.67 bits per heavy atom. The van der Waals surface area contributed by atoms with Crippen LogP contribution in [-0.4, -0.2) is 25.4 Å². The molecule has 1 aromatic carbocycles. The Labute approximate surface area is 95.4 Å². The van der Waals surface area contributed by atoms with Crippen LogP contribution in [0.25, 0.3) is 0 Å². The number of hydrogen-bond donors (Lipinski definition) is 1. The van der Waals surface area contributed by atoms with Gasteiger partial charge in [-0.1, -0.05) is 0 Å². The van der Waals surface area contributed by atoms with Crippen molar-refractivity contribution < 1.29 is 4.74 Å². The van der Waals surface area contributed by atoms with Crippen LogP contribution in [0.5, 0.6) is 5.75 Å². The maximum Gasteiger partial charge on any atom is 0.118 e. The predicted octanol–water partition coefficient (Wildman–Crippen LogP) is 2.54. The first kappa shape index (κ1) is 10.8. The molecule has 0 amide bonds. The average molecular weight is 223 g/mol. The van der Waals surface area contributed by atoms with Gasteiger partial charge in [0.2, 0.25) is 0 Å². The van der Waals surface area contributed by atoms with E-state index in [-0.39, 0.29) is 0 Å². The van der Waals surface area contributed by atoms with Crippen LogP contribution >= 0.6 is 11.8 Å². The molecule has 0 aliphatic heterocycles. The van der Waals surface area contributed by atoms with Gasteiger partial charge in [0.1, 0.15) is 5.75 Å². The van der Waals surface area contributed by atoms with Crippen LogP contribution < -0.4 is 10.1 Å². The highest BCUT2D eigenvalue weighted by molar-refractivity contribution is 7.99. The number of ether oxygens (including phenoxy) is 1. The third-order valence-corrected chi connectivity index (χ3v) is 3.45. The van der Waals surface area contributed by atoms with Gasteiger partial charge in [-0.15, -0.1) is 11.8 Å². The lowest BCUT2D eigenvalue weighted by molar-refractivity contribution is 0.414. The quantitative estimate of drug-likeness (QED) is 0.591. The molecule has 1 aliphatic carbocycles. The lowest BCUT2D eigenvalue weighted by Crippen LogP contribution is -2.18. The Balaban J connectivity index is 1.67. The minimum atomic E-state index is 0.821. The van der Waals surface area contributed by atoms with Gasteiger partial charge in [0.05, 0.1) is 7.11 Å². The van der Waals surface area contributed by atoms with Crippen molar-refractivity contribution in [3.63, 3.8) is 0 Å². The normalized spacial score (nSPS) is 15.3. The molecule has 2 rings (SSSR count). The first-order valence-corrected chi connectivity index (χ1v) is 6.37. The van der Waals surface area contributed by atoms with Gasteiger partial charge in [-0.05, 0) is 37.1 Å². The molecule has 2 nitrogen and oxygen atoms in total. The van der Waals surface area contributed by atoms with Crippen molar-refractivity contribution in [1.29, 1.82) is 0 Å². The van der Waals surface area contributed by atoms with Crippen LogP contribution in [0.1, 0.15) is 12.8 Å². The summed E-state index contributed by atoms with van der Waals surface area (Å²) in [6.45, 7) is 1.11. The first-order chi connectivity index (χ1) is 7.38. The molecule has 0 spiro atoms. The molecule has 1 saturated carbocycles. The zero-order valence-electron chi connectivity index (χ0n) is 9.03. The van der Waals surface area contributed by atoms with Crippen LogP contribution in [0, 0.1) is 0 Å². The van der Waals surface area contributed by atoms with Crippen LogP contribution in [0.3, 0.4) is 0 Å². The standard InChI is InChI=1S/C12H17NOS/c1-14-11-4-6-12(7-5-11)15-9-8-13-10-2-3-10/h4-7,10,13H,2-3,8-9H2,1H3. The van der Waals surface area contributed by atoms with Crippen molar-refractivity contribution >= 4 is 11.8 Å². The molecule has 0 aromatic heterocycles.